The summed E-state index contributed by atoms with van der Waals surface area (Å²) >= 11 is 0. The average molecular weight is 384 g/mol. The lowest BCUT2D eigenvalue weighted by atomic mass is 9.49. The number of methoxy groups -OCH3 is 1. The monoisotopic (exact) mass is 383 g/mol. The number of fused-ring (bicyclic) bond motifs is 2. The van der Waals surface area contributed by atoms with E-state index in [9.17, 15) is 13.2 Å². The van der Waals surface area contributed by atoms with E-state index in [1.165, 1.54) is 10.7 Å². The summed E-state index contributed by atoms with van der Waals surface area (Å²) in [4.78, 5) is 13.2. The van der Waals surface area contributed by atoms with Crippen molar-refractivity contribution >= 4 is 15.9 Å². The Hall–Kier alpha value is -0.880. The molecule has 0 spiro atoms. The minimum Gasteiger partial charge on any atom is -0.381 e. The first-order valence-corrected chi connectivity index (χ1v) is 11.5. The van der Waals surface area contributed by atoms with Crippen LogP contribution in [0, 0.1) is 29.1 Å². The van der Waals surface area contributed by atoms with Gasteiger partial charge in [-0.3, -0.25) is 4.79 Å². The van der Waals surface area contributed by atoms with E-state index in [1.807, 2.05) is 0 Å². The molecule has 0 aromatic heterocycles. The van der Waals surface area contributed by atoms with Crippen LogP contribution in [-0.4, -0.2) is 43.6 Å². The zero-order valence-electron chi connectivity index (χ0n) is 16.5. The predicted octanol–water partition coefficient (Wildman–Crippen LogP) is 3.22. The maximum atomic E-state index is 13.2. The summed E-state index contributed by atoms with van der Waals surface area (Å²) in [7, 11) is -1.97. The van der Waals surface area contributed by atoms with Gasteiger partial charge >= 0.3 is 0 Å². The van der Waals surface area contributed by atoms with Gasteiger partial charge in [-0.15, -0.1) is 6.58 Å². The van der Waals surface area contributed by atoms with Gasteiger partial charge in [-0.05, 0) is 49.4 Å². The van der Waals surface area contributed by atoms with Crippen LogP contribution < -0.4 is 0 Å². The van der Waals surface area contributed by atoms with E-state index in [0.717, 1.165) is 19.3 Å². The number of carbonyl (C=O) groups excluding carboxylic acids is 1. The van der Waals surface area contributed by atoms with Crippen LogP contribution in [0.15, 0.2) is 12.7 Å². The molecule has 2 aliphatic carbocycles. The largest absolute Gasteiger partial charge is 0.381 e. The number of hydrogen-bond donors (Lipinski definition) is 0. The van der Waals surface area contributed by atoms with Gasteiger partial charge in [0.2, 0.25) is 15.9 Å². The Morgan fingerprint density at radius 1 is 1.35 bits per heavy atom. The molecule has 1 aliphatic heterocycles. The van der Waals surface area contributed by atoms with Crippen LogP contribution in [0.3, 0.4) is 0 Å². The van der Waals surface area contributed by atoms with Gasteiger partial charge in [0.15, 0.2) is 0 Å². The number of amides is 1. The predicted molar refractivity (Wildman–Crippen MR) is 102 cm³/mol. The highest BCUT2D eigenvalue weighted by Gasteiger charge is 2.61. The quantitative estimate of drug-likeness (QED) is 0.661. The Morgan fingerprint density at radius 3 is 2.58 bits per heavy atom. The molecule has 5 nitrogen and oxygen atoms in total. The third kappa shape index (κ3) is 3.03. The van der Waals surface area contributed by atoms with E-state index < -0.39 is 15.9 Å². The number of sulfonamides is 1. The van der Waals surface area contributed by atoms with Crippen molar-refractivity contribution in [1.82, 2.24) is 4.31 Å². The first-order valence-electron chi connectivity index (χ1n) is 9.84. The lowest BCUT2D eigenvalue weighted by molar-refractivity contribution is -0.141. The Bertz CT molecular complexity index is 671. The molecule has 0 aromatic rings. The normalized spacial score (nSPS) is 36.4. The molecule has 1 amide bonds. The summed E-state index contributed by atoms with van der Waals surface area (Å²) in [6.45, 7) is 9.92. The number of rotatable bonds is 6. The minimum atomic E-state index is -3.56. The van der Waals surface area contributed by atoms with Crippen molar-refractivity contribution in [3.63, 3.8) is 0 Å². The SMILES string of the molecule is C=CCC[C@@H](OC)[C@@H](C)C(=O)N1C2CC3CCC3C(C)(C)C2CS1(=O)=O. The topological polar surface area (TPSA) is 63.7 Å². The van der Waals surface area contributed by atoms with E-state index in [-0.39, 0.29) is 35.1 Å². The van der Waals surface area contributed by atoms with Gasteiger partial charge in [0, 0.05) is 13.0 Å². The fourth-order valence-corrected chi connectivity index (χ4v) is 8.04. The zero-order valence-corrected chi connectivity index (χ0v) is 17.3. The van der Waals surface area contributed by atoms with E-state index in [0.29, 0.717) is 18.3 Å². The molecule has 1 saturated heterocycles. The lowest BCUT2D eigenvalue weighted by Gasteiger charge is -2.56. The highest BCUT2D eigenvalue weighted by atomic mass is 32.2. The summed E-state index contributed by atoms with van der Waals surface area (Å²) < 4.78 is 32.7. The first kappa shape index (κ1) is 19.9. The zero-order chi connectivity index (χ0) is 19.3. The van der Waals surface area contributed by atoms with Crippen LogP contribution in [0.1, 0.15) is 52.9 Å². The summed E-state index contributed by atoms with van der Waals surface area (Å²) in [5.74, 6) is 0.545. The van der Waals surface area contributed by atoms with Crippen molar-refractivity contribution in [3.8, 4) is 0 Å². The van der Waals surface area contributed by atoms with Gasteiger partial charge in [-0.25, -0.2) is 12.7 Å². The van der Waals surface area contributed by atoms with Crippen molar-refractivity contribution in [3.05, 3.63) is 12.7 Å². The van der Waals surface area contributed by atoms with E-state index in [2.05, 4.69) is 20.4 Å². The molecule has 0 bridgehead atoms. The molecular formula is C20H33NO4S. The van der Waals surface area contributed by atoms with Crippen LogP contribution in [0.2, 0.25) is 0 Å². The first-order chi connectivity index (χ1) is 12.1. The van der Waals surface area contributed by atoms with Gasteiger partial charge in [0.1, 0.15) is 0 Å². The molecule has 2 saturated carbocycles. The van der Waals surface area contributed by atoms with Gasteiger partial charge < -0.3 is 4.74 Å². The molecule has 3 rings (SSSR count). The average Bonchev–Trinajstić information content (AvgIpc) is 2.81. The Labute approximate surface area is 158 Å². The van der Waals surface area contributed by atoms with Crippen LogP contribution in [0.4, 0.5) is 0 Å². The van der Waals surface area contributed by atoms with Crippen molar-refractivity contribution in [2.75, 3.05) is 12.9 Å². The number of nitrogens with zero attached hydrogens (tertiary/aromatic N) is 1. The Morgan fingerprint density at radius 2 is 2.04 bits per heavy atom. The number of allylic oxidation sites excluding steroid dienone is 1. The second-order valence-corrected chi connectivity index (χ2v) is 10.9. The van der Waals surface area contributed by atoms with Gasteiger partial charge in [-0.2, -0.15) is 0 Å². The molecular weight excluding hydrogens is 350 g/mol. The fraction of sp³-hybridized carbons (Fsp3) is 0.850. The third-order valence-corrected chi connectivity index (χ3v) is 9.28. The van der Waals surface area contributed by atoms with Crippen molar-refractivity contribution < 1.29 is 17.9 Å². The van der Waals surface area contributed by atoms with Crippen LogP contribution >= 0.6 is 0 Å². The van der Waals surface area contributed by atoms with Gasteiger partial charge in [0.05, 0.1) is 23.8 Å². The number of ether oxygens (including phenoxy) is 1. The summed E-state index contributed by atoms with van der Waals surface area (Å²) in [5, 5.41) is 0. The fourth-order valence-electron chi connectivity index (χ4n) is 5.69. The van der Waals surface area contributed by atoms with Crippen LogP contribution in [0.25, 0.3) is 0 Å². The molecule has 4 unspecified atom stereocenters. The smallest absolute Gasteiger partial charge is 0.241 e. The minimum absolute atomic E-state index is 0.0271. The molecule has 148 valence electrons. The Kier molecular flexibility index (Phi) is 5.30. The highest BCUT2D eigenvalue weighted by molar-refractivity contribution is 7.89. The standard InChI is InChI=1S/C20H33NO4S/c1-6-7-8-18(25-5)13(2)19(22)21-17-11-14-9-10-15(14)20(3,4)16(17)12-26(21,23)24/h6,13-18H,1,7-12H2,2-5H3/t13-,14?,15?,16?,17?,18-/m1/s1. The molecule has 6 heteroatoms. The molecule has 0 N–H and O–H groups in total. The lowest BCUT2D eigenvalue weighted by Crippen LogP contribution is -2.56. The van der Waals surface area contributed by atoms with E-state index in [1.54, 1.807) is 20.1 Å². The van der Waals surface area contributed by atoms with Crippen LogP contribution in [-0.2, 0) is 19.6 Å². The maximum absolute atomic E-state index is 13.2. The van der Waals surface area contributed by atoms with Crippen molar-refractivity contribution in [2.24, 2.45) is 29.1 Å². The maximum Gasteiger partial charge on any atom is 0.241 e. The molecule has 3 fully saturated rings. The number of hydrogen-bond acceptors (Lipinski definition) is 4. The number of carbonyl (C=O) groups is 1. The van der Waals surface area contributed by atoms with Gasteiger partial charge in [0.25, 0.3) is 0 Å². The molecule has 0 aromatic carbocycles. The second kappa shape index (κ2) is 6.93. The second-order valence-electron chi connectivity index (χ2n) is 9.02. The molecule has 3 aliphatic rings. The Balaban J connectivity index is 1.86. The molecule has 26 heavy (non-hydrogen) atoms. The van der Waals surface area contributed by atoms with Crippen molar-refractivity contribution in [2.45, 2.75) is 65.0 Å². The molecule has 0 radical (unpaired) electrons. The highest BCUT2D eigenvalue weighted by Crippen LogP contribution is 2.60. The van der Waals surface area contributed by atoms with Crippen LogP contribution in [0.5, 0.6) is 0 Å². The molecule has 1 heterocycles. The summed E-state index contributed by atoms with van der Waals surface area (Å²) in [6, 6.07) is -0.177. The third-order valence-electron chi connectivity index (χ3n) is 7.45. The van der Waals surface area contributed by atoms with Gasteiger partial charge in [-0.1, -0.05) is 26.8 Å². The molecule has 6 atom stereocenters. The van der Waals surface area contributed by atoms with Crippen molar-refractivity contribution in [1.29, 1.82) is 0 Å². The van der Waals surface area contributed by atoms with E-state index >= 15 is 0 Å². The van der Waals surface area contributed by atoms with E-state index in [4.69, 9.17) is 4.74 Å². The summed E-state index contributed by atoms with van der Waals surface area (Å²) in [6.07, 6.45) is 6.11. The summed E-state index contributed by atoms with van der Waals surface area (Å²) in [5.41, 5.74) is -0.0271.